The van der Waals surface area contributed by atoms with Crippen LogP contribution in [-0.2, 0) is 0 Å². The maximum Gasteiger partial charge on any atom is 0.316 e. The molecule has 3 N–H and O–H groups in total. The molecule has 0 saturated heterocycles. The third-order valence-corrected chi connectivity index (χ3v) is 2.63. The average molecular weight is 304 g/mol. The van der Waals surface area contributed by atoms with Crippen LogP contribution in [0.4, 0.5) is 10.6 Å². The van der Waals surface area contributed by atoms with Gasteiger partial charge in [0, 0.05) is 27.2 Å². The van der Waals surface area contributed by atoms with Crippen molar-refractivity contribution in [3.63, 3.8) is 0 Å². The van der Waals surface area contributed by atoms with Crippen molar-refractivity contribution in [2.75, 3.05) is 32.5 Å². The molecule has 0 spiro atoms. The first-order valence-electron chi connectivity index (χ1n) is 4.94. The molecular weight excluding hydrogens is 290 g/mol. The van der Waals surface area contributed by atoms with Crippen molar-refractivity contribution < 1.29 is 4.79 Å². The Labute approximate surface area is 107 Å². The first-order chi connectivity index (χ1) is 8.02. The number of aromatic amines is 1. The highest BCUT2D eigenvalue weighted by Gasteiger charge is 2.05. The molecule has 0 aromatic carbocycles. The highest BCUT2D eigenvalue weighted by Crippen LogP contribution is 2.11. The number of H-pyrrole nitrogens is 1. The zero-order chi connectivity index (χ0) is 12.8. The van der Waals surface area contributed by atoms with E-state index in [1.807, 2.05) is 0 Å². The number of halogens is 1. The molecule has 1 rings (SSSR count). The average Bonchev–Trinajstić information content (AvgIpc) is 2.29. The standard InChI is InChI=1S/C9H14BrN5O2/c1-15(2)9(17)12-4-3-11-7-6(10)8(16)14-5-13-7/h5H,3-4H2,1-2H3,(H,12,17)(H2,11,13,14,16). The fraction of sp³-hybridized carbons (Fsp3) is 0.444. The Morgan fingerprint density at radius 3 is 2.88 bits per heavy atom. The molecule has 0 aliphatic rings. The highest BCUT2D eigenvalue weighted by molar-refractivity contribution is 9.10. The number of amides is 2. The molecule has 94 valence electrons. The van der Waals surface area contributed by atoms with Gasteiger partial charge in [-0.1, -0.05) is 0 Å². The minimum absolute atomic E-state index is 0.162. The summed E-state index contributed by atoms with van der Waals surface area (Å²) in [6.07, 6.45) is 1.31. The SMILES string of the molecule is CN(C)C(=O)NCCNc1nc[nH]c(=O)c1Br. The molecule has 0 bridgehead atoms. The number of rotatable bonds is 4. The van der Waals surface area contributed by atoms with Crippen molar-refractivity contribution in [1.82, 2.24) is 20.2 Å². The molecule has 7 nitrogen and oxygen atoms in total. The first kappa shape index (κ1) is 13.5. The molecule has 2 amide bonds. The summed E-state index contributed by atoms with van der Waals surface area (Å²) in [6.45, 7) is 0.923. The second-order valence-corrected chi connectivity index (χ2v) is 4.24. The summed E-state index contributed by atoms with van der Waals surface area (Å²) in [4.78, 5) is 30.2. The van der Waals surface area contributed by atoms with Crippen LogP contribution < -0.4 is 16.2 Å². The van der Waals surface area contributed by atoms with E-state index in [1.54, 1.807) is 14.1 Å². The molecule has 8 heteroatoms. The largest absolute Gasteiger partial charge is 0.367 e. The number of nitrogens with one attached hydrogen (secondary N) is 3. The lowest BCUT2D eigenvalue weighted by atomic mass is 10.5. The molecule has 1 heterocycles. The number of nitrogens with zero attached hydrogens (tertiary/aromatic N) is 2. The lowest BCUT2D eigenvalue weighted by Gasteiger charge is -2.12. The van der Waals surface area contributed by atoms with Gasteiger partial charge in [0.1, 0.15) is 10.3 Å². The lowest BCUT2D eigenvalue weighted by Crippen LogP contribution is -2.37. The first-order valence-corrected chi connectivity index (χ1v) is 5.74. The Balaban J connectivity index is 2.39. The van der Waals surface area contributed by atoms with E-state index < -0.39 is 0 Å². The predicted octanol–water partition coefficient (Wildman–Crippen LogP) is 0.215. The van der Waals surface area contributed by atoms with E-state index in [1.165, 1.54) is 11.2 Å². The van der Waals surface area contributed by atoms with Crippen molar-refractivity contribution >= 4 is 27.8 Å². The zero-order valence-corrected chi connectivity index (χ0v) is 11.2. The maximum absolute atomic E-state index is 11.2. The minimum atomic E-state index is -0.250. The molecule has 1 aromatic rings. The zero-order valence-electron chi connectivity index (χ0n) is 9.58. The molecule has 0 unspecified atom stereocenters. The Morgan fingerprint density at radius 1 is 1.53 bits per heavy atom. The van der Waals surface area contributed by atoms with E-state index in [9.17, 15) is 9.59 Å². The van der Waals surface area contributed by atoms with Crippen molar-refractivity contribution in [3.8, 4) is 0 Å². The number of urea groups is 1. The quantitative estimate of drug-likeness (QED) is 0.694. The second-order valence-electron chi connectivity index (χ2n) is 3.45. The summed E-state index contributed by atoms with van der Waals surface area (Å²) in [6, 6.07) is -0.162. The smallest absolute Gasteiger partial charge is 0.316 e. The van der Waals surface area contributed by atoms with Crippen LogP contribution in [-0.4, -0.2) is 48.1 Å². The fourth-order valence-electron chi connectivity index (χ4n) is 1.01. The highest BCUT2D eigenvalue weighted by atomic mass is 79.9. The third-order valence-electron chi connectivity index (χ3n) is 1.90. The number of hydrogen-bond donors (Lipinski definition) is 3. The minimum Gasteiger partial charge on any atom is -0.367 e. The summed E-state index contributed by atoms with van der Waals surface area (Å²) in [7, 11) is 3.33. The van der Waals surface area contributed by atoms with Crippen LogP contribution in [0.2, 0.25) is 0 Å². The van der Waals surface area contributed by atoms with Gasteiger partial charge in [0.2, 0.25) is 0 Å². The number of aromatic nitrogens is 2. The van der Waals surface area contributed by atoms with Crippen LogP contribution in [0.15, 0.2) is 15.6 Å². The molecule has 0 aliphatic carbocycles. The molecule has 0 fully saturated rings. The van der Waals surface area contributed by atoms with E-state index >= 15 is 0 Å². The topological polar surface area (TPSA) is 90.1 Å². The summed E-state index contributed by atoms with van der Waals surface area (Å²) < 4.78 is 0.346. The Hall–Kier alpha value is -1.57. The van der Waals surface area contributed by atoms with E-state index in [0.717, 1.165) is 0 Å². The number of hydrogen-bond acceptors (Lipinski definition) is 4. The van der Waals surface area contributed by atoms with E-state index in [2.05, 4.69) is 36.5 Å². The van der Waals surface area contributed by atoms with Gasteiger partial charge in [-0.25, -0.2) is 9.78 Å². The Bertz CT molecular complexity index is 445. The van der Waals surface area contributed by atoms with Gasteiger partial charge in [-0.05, 0) is 15.9 Å². The van der Waals surface area contributed by atoms with Crippen LogP contribution in [0.5, 0.6) is 0 Å². The molecule has 0 atom stereocenters. The van der Waals surface area contributed by atoms with E-state index in [4.69, 9.17) is 0 Å². The summed E-state index contributed by atoms with van der Waals surface area (Å²) in [5.41, 5.74) is -0.250. The van der Waals surface area contributed by atoms with Gasteiger partial charge in [0.05, 0.1) is 6.33 Å². The number of carbonyl (C=O) groups excluding carboxylic acids is 1. The summed E-state index contributed by atoms with van der Waals surface area (Å²) in [5, 5.41) is 5.62. The monoisotopic (exact) mass is 303 g/mol. The predicted molar refractivity (Wildman–Crippen MR) is 68.1 cm³/mol. The fourth-order valence-corrected chi connectivity index (χ4v) is 1.37. The molecule has 0 aliphatic heterocycles. The van der Waals surface area contributed by atoms with Gasteiger partial charge in [-0.2, -0.15) is 0 Å². The Morgan fingerprint density at radius 2 is 2.24 bits per heavy atom. The molecule has 0 saturated carbocycles. The molecule has 1 aromatic heterocycles. The summed E-state index contributed by atoms with van der Waals surface area (Å²) >= 11 is 3.12. The molecule has 0 radical (unpaired) electrons. The molecule has 17 heavy (non-hydrogen) atoms. The Kier molecular flexibility index (Phi) is 4.95. The number of anilines is 1. The van der Waals surface area contributed by atoms with Crippen LogP contribution >= 0.6 is 15.9 Å². The third kappa shape index (κ3) is 4.06. The summed E-state index contributed by atoms with van der Waals surface area (Å²) in [5.74, 6) is 0.452. The van der Waals surface area contributed by atoms with Crippen LogP contribution in [0.25, 0.3) is 0 Å². The van der Waals surface area contributed by atoms with Crippen molar-refractivity contribution in [1.29, 1.82) is 0 Å². The van der Waals surface area contributed by atoms with Gasteiger partial charge < -0.3 is 20.5 Å². The maximum atomic E-state index is 11.2. The molecular formula is C9H14BrN5O2. The van der Waals surface area contributed by atoms with Crippen molar-refractivity contribution in [3.05, 3.63) is 21.2 Å². The van der Waals surface area contributed by atoms with Crippen molar-refractivity contribution in [2.45, 2.75) is 0 Å². The van der Waals surface area contributed by atoms with Gasteiger partial charge >= 0.3 is 6.03 Å². The second kappa shape index (κ2) is 6.24. The lowest BCUT2D eigenvalue weighted by molar-refractivity contribution is 0.218. The van der Waals surface area contributed by atoms with Crippen LogP contribution in [0.1, 0.15) is 0 Å². The van der Waals surface area contributed by atoms with E-state index in [-0.39, 0.29) is 11.6 Å². The van der Waals surface area contributed by atoms with E-state index in [0.29, 0.717) is 23.4 Å². The van der Waals surface area contributed by atoms with Crippen LogP contribution in [0.3, 0.4) is 0 Å². The van der Waals surface area contributed by atoms with Gasteiger partial charge in [-0.3, -0.25) is 4.79 Å². The van der Waals surface area contributed by atoms with Gasteiger partial charge in [-0.15, -0.1) is 0 Å². The number of carbonyl (C=O) groups is 1. The van der Waals surface area contributed by atoms with Gasteiger partial charge in [0.15, 0.2) is 0 Å². The van der Waals surface area contributed by atoms with Gasteiger partial charge in [0.25, 0.3) is 5.56 Å². The normalized spacial score (nSPS) is 9.82. The van der Waals surface area contributed by atoms with Crippen LogP contribution in [0, 0.1) is 0 Å². The van der Waals surface area contributed by atoms with Crippen molar-refractivity contribution in [2.24, 2.45) is 0 Å².